The molecule has 0 aromatic rings. The highest BCUT2D eigenvalue weighted by molar-refractivity contribution is 5.09. The van der Waals surface area contributed by atoms with Crippen LogP contribution in [0.4, 0.5) is 0 Å². The summed E-state index contributed by atoms with van der Waals surface area (Å²) in [5.74, 6) is 3.32. The van der Waals surface area contributed by atoms with Gasteiger partial charge in [-0.1, -0.05) is 52.9 Å². The average Bonchev–Trinajstić information content (AvgIpc) is 2.82. The standard InChI is InChI=1S/C14H26/c1-4-6-7-11-8-9-12-13(10-11)14(12,3)5-2/h11-13H,4-10H2,1-3H3. The van der Waals surface area contributed by atoms with Gasteiger partial charge in [0, 0.05) is 0 Å². The van der Waals surface area contributed by atoms with E-state index in [1.807, 2.05) is 0 Å². The topological polar surface area (TPSA) is 0 Å². The van der Waals surface area contributed by atoms with Crippen LogP contribution < -0.4 is 0 Å². The molecule has 4 unspecified atom stereocenters. The lowest BCUT2D eigenvalue weighted by atomic mass is 9.86. The number of unbranched alkanes of at least 4 members (excludes halogenated alkanes) is 1. The van der Waals surface area contributed by atoms with Crippen LogP contribution >= 0.6 is 0 Å². The summed E-state index contributed by atoms with van der Waals surface area (Å²) in [4.78, 5) is 0. The van der Waals surface area contributed by atoms with Crippen LogP contribution in [0, 0.1) is 23.2 Å². The molecule has 0 heterocycles. The molecule has 2 rings (SSSR count). The summed E-state index contributed by atoms with van der Waals surface area (Å²) in [6.07, 6.45) is 10.4. The smallest absolute Gasteiger partial charge is 0.0266 e. The van der Waals surface area contributed by atoms with E-state index in [9.17, 15) is 0 Å². The second kappa shape index (κ2) is 3.87. The first kappa shape index (κ1) is 10.5. The Balaban J connectivity index is 1.82. The van der Waals surface area contributed by atoms with Crippen molar-refractivity contribution in [1.29, 1.82) is 0 Å². The van der Waals surface area contributed by atoms with Gasteiger partial charge in [-0.05, 0) is 36.0 Å². The van der Waals surface area contributed by atoms with Crippen molar-refractivity contribution in [3.63, 3.8) is 0 Å². The normalized spacial score (nSPS) is 46.1. The summed E-state index contributed by atoms with van der Waals surface area (Å²) in [7, 11) is 0. The molecule has 0 heteroatoms. The van der Waals surface area contributed by atoms with Gasteiger partial charge in [-0.25, -0.2) is 0 Å². The second-order valence-electron chi connectivity index (χ2n) is 5.89. The Labute approximate surface area is 89.5 Å². The van der Waals surface area contributed by atoms with Crippen LogP contribution in [0.2, 0.25) is 0 Å². The lowest BCUT2D eigenvalue weighted by Gasteiger charge is -2.20. The maximum Gasteiger partial charge on any atom is -0.0266 e. The molecular weight excluding hydrogens is 168 g/mol. The van der Waals surface area contributed by atoms with Crippen molar-refractivity contribution in [2.75, 3.05) is 0 Å². The summed E-state index contributed by atoms with van der Waals surface area (Å²) in [5.41, 5.74) is 0.765. The number of hydrogen-bond donors (Lipinski definition) is 0. The summed E-state index contributed by atoms with van der Waals surface area (Å²) in [6, 6.07) is 0. The molecule has 2 aliphatic carbocycles. The van der Waals surface area contributed by atoms with E-state index in [-0.39, 0.29) is 0 Å². The fourth-order valence-corrected chi connectivity index (χ4v) is 3.90. The Morgan fingerprint density at radius 2 is 1.93 bits per heavy atom. The quantitative estimate of drug-likeness (QED) is 0.611. The van der Waals surface area contributed by atoms with E-state index in [0.717, 1.165) is 23.2 Å². The van der Waals surface area contributed by atoms with Gasteiger partial charge < -0.3 is 0 Å². The first-order valence-corrected chi connectivity index (χ1v) is 6.72. The fourth-order valence-electron chi connectivity index (χ4n) is 3.90. The number of rotatable bonds is 4. The van der Waals surface area contributed by atoms with Gasteiger partial charge in [0.1, 0.15) is 0 Å². The lowest BCUT2D eigenvalue weighted by molar-refractivity contribution is 0.317. The van der Waals surface area contributed by atoms with Gasteiger partial charge in [0.25, 0.3) is 0 Å². The van der Waals surface area contributed by atoms with Gasteiger partial charge in [-0.3, -0.25) is 0 Å². The van der Waals surface area contributed by atoms with Crippen LogP contribution in [0.25, 0.3) is 0 Å². The summed E-state index contributed by atoms with van der Waals surface area (Å²) in [6.45, 7) is 7.24. The monoisotopic (exact) mass is 194 g/mol. The summed E-state index contributed by atoms with van der Waals surface area (Å²) in [5, 5.41) is 0. The molecule has 0 nitrogen and oxygen atoms in total. The first-order chi connectivity index (χ1) is 6.72. The highest BCUT2D eigenvalue weighted by Crippen LogP contribution is 2.68. The molecule has 0 aromatic heterocycles. The van der Waals surface area contributed by atoms with Crippen molar-refractivity contribution >= 4 is 0 Å². The van der Waals surface area contributed by atoms with Gasteiger partial charge in [-0.15, -0.1) is 0 Å². The zero-order valence-corrected chi connectivity index (χ0v) is 10.2. The minimum atomic E-state index is 0.765. The third kappa shape index (κ3) is 1.61. The minimum Gasteiger partial charge on any atom is -0.0654 e. The van der Waals surface area contributed by atoms with E-state index in [1.54, 1.807) is 12.8 Å². The van der Waals surface area contributed by atoms with Crippen molar-refractivity contribution in [2.24, 2.45) is 23.2 Å². The molecule has 0 saturated heterocycles. The molecule has 82 valence electrons. The van der Waals surface area contributed by atoms with Crippen molar-refractivity contribution < 1.29 is 0 Å². The molecular formula is C14H26. The Kier molecular flexibility index (Phi) is 2.91. The molecule has 14 heavy (non-hydrogen) atoms. The highest BCUT2D eigenvalue weighted by atomic mass is 14.6. The van der Waals surface area contributed by atoms with Gasteiger partial charge in [0.2, 0.25) is 0 Å². The van der Waals surface area contributed by atoms with Crippen molar-refractivity contribution in [1.82, 2.24) is 0 Å². The summed E-state index contributed by atoms with van der Waals surface area (Å²) < 4.78 is 0. The van der Waals surface area contributed by atoms with Crippen LogP contribution in [0.1, 0.15) is 65.7 Å². The molecule has 2 saturated carbocycles. The molecule has 2 aliphatic rings. The largest absolute Gasteiger partial charge is 0.0654 e. The first-order valence-electron chi connectivity index (χ1n) is 6.72. The Morgan fingerprint density at radius 3 is 2.57 bits per heavy atom. The average molecular weight is 194 g/mol. The molecule has 0 aromatic carbocycles. The maximum absolute atomic E-state index is 2.53. The van der Waals surface area contributed by atoms with E-state index >= 15 is 0 Å². The van der Waals surface area contributed by atoms with Gasteiger partial charge in [-0.2, -0.15) is 0 Å². The number of hydrogen-bond acceptors (Lipinski definition) is 0. The van der Waals surface area contributed by atoms with Gasteiger partial charge in [0.05, 0.1) is 0 Å². The molecule has 2 fully saturated rings. The molecule has 0 aliphatic heterocycles. The Hall–Kier alpha value is 0. The zero-order valence-electron chi connectivity index (χ0n) is 10.2. The van der Waals surface area contributed by atoms with Gasteiger partial charge in [0.15, 0.2) is 0 Å². The molecule has 0 bridgehead atoms. The van der Waals surface area contributed by atoms with Crippen LogP contribution in [0.3, 0.4) is 0 Å². The van der Waals surface area contributed by atoms with E-state index in [1.165, 1.54) is 32.1 Å². The predicted molar refractivity (Wildman–Crippen MR) is 62.2 cm³/mol. The highest BCUT2D eigenvalue weighted by Gasteiger charge is 2.60. The third-order valence-corrected chi connectivity index (χ3v) is 5.27. The van der Waals surface area contributed by atoms with Gasteiger partial charge >= 0.3 is 0 Å². The number of fused-ring (bicyclic) bond motifs is 1. The van der Waals surface area contributed by atoms with Crippen molar-refractivity contribution in [2.45, 2.75) is 65.7 Å². The van der Waals surface area contributed by atoms with Crippen molar-refractivity contribution in [3.8, 4) is 0 Å². The molecule has 0 amide bonds. The molecule has 0 N–H and O–H groups in total. The van der Waals surface area contributed by atoms with Crippen LogP contribution in [0.15, 0.2) is 0 Å². The summed E-state index contributed by atoms with van der Waals surface area (Å²) >= 11 is 0. The van der Waals surface area contributed by atoms with E-state index in [2.05, 4.69) is 20.8 Å². The third-order valence-electron chi connectivity index (χ3n) is 5.27. The molecule has 0 spiro atoms. The second-order valence-corrected chi connectivity index (χ2v) is 5.89. The fraction of sp³-hybridized carbons (Fsp3) is 1.00. The minimum absolute atomic E-state index is 0.765. The molecule has 4 atom stereocenters. The maximum atomic E-state index is 2.53. The predicted octanol–water partition coefficient (Wildman–Crippen LogP) is 4.64. The lowest BCUT2D eigenvalue weighted by Crippen LogP contribution is -2.08. The Bertz CT molecular complexity index is 196. The van der Waals surface area contributed by atoms with Crippen molar-refractivity contribution in [3.05, 3.63) is 0 Å². The SMILES string of the molecule is CCCCC1CCC2C(C1)C2(C)CC. The van der Waals surface area contributed by atoms with Crippen LogP contribution in [-0.4, -0.2) is 0 Å². The zero-order chi connectivity index (χ0) is 10.2. The van der Waals surface area contributed by atoms with Crippen LogP contribution in [0.5, 0.6) is 0 Å². The van der Waals surface area contributed by atoms with E-state index < -0.39 is 0 Å². The Morgan fingerprint density at radius 1 is 1.14 bits per heavy atom. The van der Waals surface area contributed by atoms with E-state index in [0.29, 0.717) is 0 Å². The molecule has 0 radical (unpaired) electrons. The van der Waals surface area contributed by atoms with E-state index in [4.69, 9.17) is 0 Å². The van der Waals surface area contributed by atoms with Crippen LogP contribution in [-0.2, 0) is 0 Å².